The first-order valence-electron chi connectivity index (χ1n) is 14.1. The fourth-order valence-corrected chi connectivity index (χ4v) is 6.17. The van der Waals surface area contributed by atoms with E-state index in [9.17, 15) is 18.0 Å². The molecule has 1 saturated heterocycles. The lowest BCUT2D eigenvalue weighted by molar-refractivity contribution is -0.0136. The topological polar surface area (TPSA) is 116 Å². The molecular weight excluding hydrogens is 558 g/mol. The molecule has 1 aromatic heterocycles. The second-order valence-electron chi connectivity index (χ2n) is 11.7. The number of nitrogens with zero attached hydrogens (tertiary/aromatic N) is 2. The molecule has 1 aliphatic rings. The number of esters is 1. The molecule has 42 heavy (non-hydrogen) atoms. The SMILES string of the molecule is CCO[C@H]1CCN(Cc2c(NS(C)(=O)=O)cc(C)c3c2ccn3C(=O)OC(C)(C)C)[C@H](c2ccc(C(=O)OC)cc2)C1. The summed E-state index contributed by atoms with van der Waals surface area (Å²) in [6.45, 7) is 11.0. The maximum atomic E-state index is 13.1. The molecule has 0 amide bonds. The Bertz CT molecular complexity index is 1560. The maximum absolute atomic E-state index is 13.1. The number of methoxy groups -OCH3 is 1. The fraction of sp³-hybridized carbons (Fsp3) is 0.484. The molecule has 1 N–H and O–H groups in total. The Morgan fingerprint density at radius 3 is 2.40 bits per heavy atom. The highest BCUT2D eigenvalue weighted by molar-refractivity contribution is 7.92. The average molecular weight is 600 g/mol. The quantitative estimate of drug-likeness (QED) is 0.331. The van der Waals surface area contributed by atoms with Gasteiger partial charge in [0, 0.05) is 37.3 Å². The van der Waals surface area contributed by atoms with Crippen molar-refractivity contribution in [2.45, 2.75) is 71.8 Å². The second-order valence-corrected chi connectivity index (χ2v) is 13.5. The van der Waals surface area contributed by atoms with Crippen LogP contribution in [0.25, 0.3) is 10.9 Å². The van der Waals surface area contributed by atoms with E-state index in [4.69, 9.17) is 14.2 Å². The Hall–Kier alpha value is -3.41. The first-order valence-corrected chi connectivity index (χ1v) is 16.0. The number of anilines is 1. The number of aromatic nitrogens is 1. The molecule has 11 heteroatoms. The van der Waals surface area contributed by atoms with Crippen molar-refractivity contribution >= 4 is 38.7 Å². The minimum atomic E-state index is -3.59. The number of carbonyl (C=O) groups excluding carboxylic acids is 2. The molecule has 0 bridgehead atoms. The van der Waals surface area contributed by atoms with E-state index >= 15 is 0 Å². The standard InChI is InChI=1S/C31H41N3O7S/c1-8-40-23-13-15-33(27(18-23)21-9-11-22(12-10-21)29(35)39-6)19-25-24-14-16-34(30(36)41-31(3,4)5)28(24)20(2)17-26(25)32-42(7,37)38/h9-12,14,16-17,23,27,32H,8,13,15,18-19H2,1-7H3/t23-,27-/m0/s1. The number of benzene rings is 2. The van der Waals surface area contributed by atoms with Crippen molar-refractivity contribution in [1.82, 2.24) is 9.47 Å². The van der Waals surface area contributed by atoms with Gasteiger partial charge in [0.05, 0.1) is 36.2 Å². The van der Waals surface area contributed by atoms with Gasteiger partial charge in [-0.05, 0) is 88.4 Å². The Morgan fingerprint density at radius 1 is 1.12 bits per heavy atom. The maximum Gasteiger partial charge on any atom is 0.419 e. The number of piperidine rings is 1. The molecule has 0 spiro atoms. The van der Waals surface area contributed by atoms with Gasteiger partial charge in [-0.2, -0.15) is 0 Å². The molecule has 0 aliphatic carbocycles. The molecule has 2 heterocycles. The highest BCUT2D eigenvalue weighted by Crippen LogP contribution is 2.38. The Kier molecular flexibility index (Phi) is 9.34. The molecule has 2 atom stereocenters. The summed E-state index contributed by atoms with van der Waals surface area (Å²) in [7, 11) is -2.23. The minimum absolute atomic E-state index is 0.0580. The van der Waals surface area contributed by atoms with Crippen molar-refractivity contribution in [2.24, 2.45) is 0 Å². The monoisotopic (exact) mass is 599 g/mol. The van der Waals surface area contributed by atoms with Gasteiger partial charge < -0.3 is 14.2 Å². The van der Waals surface area contributed by atoms with Crippen LogP contribution < -0.4 is 4.72 Å². The van der Waals surface area contributed by atoms with Crippen LogP contribution in [-0.4, -0.2) is 68.2 Å². The summed E-state index contributed by atoms with van der Waals surface area (Å²) in [5, 5.41) is 0.763. The number of rotatable bonds is 8. The zero-order chi connectivity index (χ0) is 30.8. The number of carbonyl (C=O) groups is 2. The van der Waals surface area contributed by atoms with Gasteiger partial charge in [0.2, 0.25) is 10.0 Å². The van der Waals surface area contributed by atoms with E-state index in [0.29, 0.717) is 36.5 Å². The second kappa shape index (κ2) is 12.4. The van der Waals surface area contributed by atoms with Gasteiger partial charge in [-0.15, -0.1) is 0 Å². The largest absolute Gasteiger partial charge is 0.465 e. The third-order valence-electron chi connectivity index (χ3n) is 7.30. The van der Waals surface area contributed by atoms with Gasteiger partial charge in [-0.25, -0.2) is 18.0 Å². The molecule has 3 aromatic rings. The highest BCUT2D eigenvalue weighted by atomic mass is 32.2. The number of hydrogen-bond donors (Lipinski definition) is 1. The van der Waals surface area contributed by atoms with E-state index < -0.39 is 27.7 Å². The molecule has 1 aliphatic heterocycles. The first-order chi connectivity index (χ1) is 19.7. The lowest BCUT2D eigenvalue weighted by atomic mass is 9.91. The predicted molar refractivity (Wildman–Crippen MR) is 162 cm³/mol. The number of sulfonamides is 1. The van der Waals surface area contributed by atoms with E-state index in [2.05, 4.69) is 9.62 Å². The third kappa shape index (κ3) is 7.32. The Morgan fingerprint density at radius 2 is 1.81 bits per heavy atom. The van der Waals surface area contributed by atoms with Crippen LogP contribution >= 0.6 is 0 Å². The summed E-state index contributed by atoms with van der Waals surface area (Å²) in [5.74, 6) is -0.401. The number of hydrogen-bond acceptors (Lipinski definition) is 8. The van der Waals surface area contributed by atoms with Crippen LogP contribution in [0.15, 0.2) is 42.6 Å². The average Bonchev–Trinajstić information content (AvgIpc) is 3.36. The van der Waals surface area contributed by atoms with Crippen molar-refractivity contribution < 1.29 is 32.2 Å². The summed E-state index contributed by atoms with van der Waals surface area (Å²) >= 11 is 0. The smallest absolute Gasteiger partial charge is 0.419 e. The Balaban J connectivity index is 1.79. The summed E-state index contributed by atoms with van der Waals surface area (Å²) < 4.78 is 45.5. The van der Waals surface area contributed by atoms with Crippen LogP contribution in [0.1, 0.15) is 73.6 Å². The third-order valence-corrected chi connectivity index (χ3v) is 7.89. The summed E-state index contributed by atoms with van der Waals surface area (Å²) in [5.41, 5.74) is 3.43. The van der Waals surface area contributed by atoms with E-state index in [1.807, 2.05) is 52.8 Å². The van der Waals surface area contributed by atoms with Crippen LogP contribution in [0, 0.1) is 6.92 Å². The zero-order valence-corrected chi connectivity index (χ0v) is 26.2. The summed E-state index contributed by atoms with van der Waals surface area (Å²) in [6, 6.07) is 10.9. The molecule has 0 unspecified atom stereocenters. The van der Waals surface area contributed by atoms with Crippen molar-refractivity contribution in [2.75, 3.05) is 31.2 Å². The van der Waals surface area contributed by atoms with Crippen LogP contribution in [-0.2, 0) is 30.8 Å². The number of aryl methyl sites for hydroxylation is 1. The van der Waals surface area contributed by atoms with E-state index in [-0.39, 0.29) is 12.1 Å². The predicted octanol–water partition coefficient (Wildman–Crippen LogP) is 5.63. The van der Waals surface area contributed by atoms with E-state index in [1.165, 1.54) is 11.7 Å². The van der Waals surface area contributed by atoms with Gasteiger partial charge >= 0.3 is 12.1 Å². The molecule has 1 fully saturated rings. The molecule has 228 valence electrons. The van der Waals surface area contributed by atoms with E-state index in [1.54, 1.807) is 24.4 Å². The molecular formula is C31H41N3O7S. The van der Waals surface area contributed by atoms with Crippen molar-refractivity contribution in [3.8, 4) is 0 Å². The number of nitrogens with one attached hydrogen (secondary N) is 1. The highest BCUT2D eigenvalue weighted by Gasteiger charge is 2.32. The summed E-state index contributed by atoms with van der Waals surface area (Å²) in [6.07, 6.45) is 3.90. The minimum Gasteiger partial charge on any atom is -0.465 e. The molecule has 0 saturated carbocycles. The normalized spacial score (nSPS) is 18.2. The zero-order valence-electron chi connectivity index (χ0n) is 25.4. The van der Waals surface area contributed by atoms with Crippen molar-refractivity contribution in [1.29, 1.82) is 0 Å². The molecule has 4 rings (SSSR count). The van der Waals surface area contributed by atoms with Gasteiger partial charge in [-0.3, -0.25) is 14.2 Å². The number of ether oxygens (including phenoxy) is 3. The Labute approximate surface area is 248 Å². The number of fused-ring (bicyclic) bond motifs is 1. The molecule has 2 aromatic carbocycles. The van der Waals surface area contributed by atoms with Crippen molar-refractivity contribution in [3.05, 3.63) is 64.8 Å². The van der Waals surface area contributed by atoms with E-state index in [0.717, 1.165) is 41.2 Å². The van der Waals surface area contributed by atoms with Gasteiger partial charge in [0.1, 0.15) is 5.60 Å². The van der Waals surface area contributed by atoms with Crippen LogP contribution in [0.2, 0.25) is 0 Å². The van der Waals surface area contributed by atoms with Crippen LogP contribution in [0.4, 0.5) is 10.5 Å². The molecule has 0 radical (unpaired) electrons. The van der Waals surface area contributed by atoms with Gasteiger partial charge in [0.15, 0.2) is 0 Å². The molecule has 10 nitrogen and oxygen atoms in total. The number of likely N-dealkylation sites (tertiary alicyclic amines) is 1. The fourth-order valence-electron chi connectivity index (χ4n) is 5.59. The lowest BCUT2D eigenvalue weighted by Gasteiger charge is -2.40. The van der Waals surface area contributed by atoms with Crippen LogP contribution in [0.5, 0.6) is 0 Å². The van der Waals surface area contributed by atoms with Crippen LogP contribution in [0.3, 0.4) is 0 Å². The van der Waals surface area contributed by atoms with Gasteiger partial charge in [-0.1, -0.05) is 12.1 Å². The first kappa shape index (κ1) is 31.5. The summed E-state index contributed by atoms with van der Waals surface area (Å²) in [4.78, 5) is 27.4. The van der Waals surface area contributed by atoms with Crippen molar-refractivity contribution in [3.63, 3.8) is 0 Å². The van der Waals surface area contributed by atoms with Gasteiger partial charge in [0.25, 0.3) is 0 Å². The lowest BCUT2D eigenvalue weighted by Crippen LogP contribution is -2.39.